The fourth-order valence-corrected chi connectivity index (χ4v) is 1.74. The second-order valence-corrected chi connectivity index (χ2v) is 5.25. The van der Waals surface area contributed by atoms with Crippen LogP contribution in [-0.4, -0.2) is 38.0 Å². The van der Waals surface area contributed by atoms with Crippen LogP contribution in [0.25, 0.3) is 0 Å². The molecule has 0 aliphatic carbocycles. The summed E-state index contributed by atoms with van der Waals surface area (Å²) in [5.74, 6) is -0.651. The fourth-order valence-electron chi connectivity index (χ4n) is 1.49. The molecule has 100 valence electrons. The van der Waals surface area contributed by atoms with Crippen molar-refractivity contribution in [2.45, 2.75) is 12.8 Å². The van der Waals surface area contributed by atoms with Crippen molar-refractivity contribution in [1.82, 2.24) is 10.2 Å². The van der Waals surface area contributed by atoms with E-state index < -0.39 is 5.82 Å². The average molecular weight is 317 g/mol. The van der Waals surface area contributed by atoms with Crippen LogP contribution in [0.1, 0.15) is 23.2 Å². The fraction of sp³-hybridized carbons (Fsp3) is 0.462. The van der Waals surface area contributed by atoms with E-state index in [0.29, 0.717) is 16.6 Å². The first-order valence-corrected chi connectivity index (χ1v) is 6.68. The first-order valence-electron chi connectivity index (χ1n) is 5.88. The second kappa shape index (κ2) is 7.48. The number of benzene rings is 1. The topological polar surface area (TPSA) is 32.3 Å². The molecule has 0 radical (unpaired) electrons. The summed E-state index contributed by atoms with van der Waals surface area (Å²) in [5, 5.41) is 2.78. The number of carbonyl (C=O) groups excluding carboxylic acids is 1. The predicted molar refractivity (Wildman–Crippen MR) is 74.2 cm³/mol. The van der Waals surface area contributed by atoms with E-state index in [4.69, 9.17) is 0 Å². The van der Waals surface area contributed by atoms with E-state index in [1.807, 2.05) is 14.1 Å². The Hall–Kier alpha value is -0.940. The average Bonchev–Trinajstić information content (AvgIpc) is 2.31. The zero-order valence-corrected chi connectivity index (χ0v) is 12.3. The minimum Gasteiger partial charge on any atom is -0.352 e. The maximum absolute atomic E-state index is 13.2. The van der Waals surface area contributed by atoms with Gasteiger partial charge in [0.25, 0.3) is 5.91 Å². The van der Waals surface area contributed by atoms with Crippen LogP contribution in [0.15, 0.2) is 22.7 Å². The van der Waals surface area contributed by atoms with Gasteiger partial charge in [-0.1, -0.05) is 0 Å². The highest BCUT2D eigenvalue weighted by molar-refractivity contribution is 9.10. The molecule has 18 heavy (non-hydrogen) atoms. The Balaban J connectivity index is 2.34. The number of halogens is 2. The van der Waals surface area contributed by atoms with Crippen LogP contribution in [0, 0.1) is 5.82 Å². The maximum atomic E-state index is 13.2. The van der Waals surface area contributed by atoms with Crippen molar-refractivity contribution in [2.75, 3.05) is 27.2 Å². The second-order valence-electron chi connectivity index (χ2n) is 4.40. The Labute approximate surface area is 115 Å². The van der Waals surface area contributed by atoms with Gasteiger partial charge in [-0.2, -0.15) is 0 Å². The van der Waals surface area contributed by atoms with Crippen LogP contribution >= 0.6 is 15.9 Å². The van der Waals surface area contributed by atoms with Gasteiger partial charge in [0.05, 0.1) is 4.47 Å². The van der Waals surface area contributed by atoms with Gasteiger partial charge in [0.15, 0.2) is 0 Å². The summed E-state index contributed by atoms with van der Waals surface area (Å²) in [6.07, 6.45) is 1.95. The number of hydrogen-bond donors (Lipinski definition) is 1. The van der Waals surface area contributed by atoms with Crippen molar-refractivity contribution in [3.05, 3.63) is 34.1 Å². The van der Waals surface area contributed by atoms with Crippen molar-refractivity contribution in [3.63, 3.8) is 0 Å². The molecule has 0 bridgehead atoms. The lowest BCUT2D eigenvalue weighted by Crippen LogP contribution is -2.25. The Morgan fingerprint density at radius 1 is 1.39 bits per heavy atom. The first-order chi connectivity index (χ1) is 8.50. The van der Waals surface area contributed by atoms with Crippen LogP contribution in [0.3, 0.4) is 0 Å². The first kappa shape index (κ1) is 15.1. The molecule has 1 rings (SSSR count). The zero-order valence-electron chi connectivity index (χ0n) is 10.7. The summed E-state index contributed by atoms with van der Waals surface area (Å²) in [6.45, 7) is 1.62. The van der Waals surface area contributed by atoms with E-state index in [1.54, 1.807) is 6.07 Å². The molecule has 0 atom stereocenters. The van der Waals surface area contributed by atoms with E-state index in [1.165, 1.54) is 12.1 Å². The smallest absolute Gasteiger partial charge is 0.251 e. The summed E-state index contributed by atoms with van der Waals surface area (Å²) in [4.78, 5) is 13.8. The molecule has 5 heteroatoms. The highest BCUT2D eigenvalue weighted by Gasteiger charge is 2.07. The molecule has 0 heterocycles. The summed E-state index contributed by atoms with van der Waals surface area (Å²) in [5.41, 5.74) is 0.350. The molecule has 1 N–H and O–H groups in total. The molecule has 0 unspecified atom stereocenters. The predicted octanol–water partition coefficient (Wildman–Crippen LogP) is 2.66. The Kier molecular flexibility index (Phi) is 6.29. The number of carbonyl (C=O) groups is 1. The third-order valence-corrected chi connectivity index (χ3v) is 3.14. The van der Waals surface area contributed by atoms with Crippen LogP contribution in [-0.2, 0) is 0 Å². The number of rotatable bonds is 6. The van der Waals surface area contributed by atoms with Crippen molar-refractivity contribution >= 4 is 21.8 Å². The molecule has 0 fully saturated rings. The highest BCUT2D eigenvalue weighted by Crippen LogP contribution is 2.16. The molecule has 0 aromatic heterocycles. The van der Waals surface area contributed by atoms with Gasteiger partial charge in [-0.15, -0.1) is 0 Å². The van der Waals surface area contributed by atoms with Gasteiger partial charge in [0.1, 0.15) is 5.82 Å². The van der Waals surface area contributed by atoms with E-state index >= 15 is 0 Å². The van der Waals surface area contributed by atoms with Crippen molar-refractivity contribution in [3.8, 4) is 0 Å². The lowest BCUT2D eigenvalue weighted by Gasteiger charge is -2.09. The molecule has 0 saturated heterocycles. The van der Waals surface area contributed by atoms with Crippen LogP contribution < -0.4 is 5.32 Å². The molecule has 1 aromatic rings. The molecule has 1 amide bonds. The normalized spacial score (nSPS) is 10.7. The monoisotopic (exact) mass is 316 g/mol. The van der Waals surface area contributed by atoms with Crippen molar-refractivity contribution < 1.29 is 9.18 Å². The van der Waals surface area contributed by atoms with Gasteiger partial charge in [-0.05, 0) is 67.6 Å². The van der Waals surface area contributed by atoms with Crippen LogP contribution in [0.4, 0.5) is 4.39 Å². The number of hydrogen-bond acceptors (Lipinski definition) is 2. The third-order valence-electron chi connectivity index (χ3n) is 2.50. The van der Waals surface area contributed by atoms with Crippen molar-refractivity contribution in [1.29, 1.82) is 0 Å². The quantitative estimate of drug-likeness (QED) is 0.818. The molecule has 0 spiro atoms. The summed E-state index contributed by atoms with van der Waals surface area (Å²) >= 11 is 3.05. The SMILES string of the molecule is CN(C)CCCCNC(=O)c1ccc(Br)c(F)c1. The Morgan fingerprint density at radius 3 is 2.72 bits per heavy atom. The van der Waals surface area contributed by atoms with Gasteiger partial charge in [-0.25, -0.2) is 4.39 Å². The maximum Gasteiger partial charge on any atom is 0.251 e. The molecule has 0 aliphatic heterocycles. The van der Waals surface area contributed by atoms with Gasteiger partial charge in [-0.3, -0.25) is 4.79 Å². The minimum absolute atomic E-state index is 0.230. The molecule has 3 nitrogen and oxygen atoms in total. The lowest BCUT2D eigenvalue weighted by molar-refractivity contribution is 0.0952. The molecular formula is C13H18BrFN2O. The highest BCUT2D eigenvalue weighted by atomic mass is 79.9. The molecular weight excluding hydrogens is 299 g/mol. The van der Waals surface area contributed by atoms with Gasteiger partial charge >= 0.3 is 0 Å². The van der Waals surface area contributed by atoms with Crippen LogP contribution in [0.5, 0.6) is 0 Å². The lowest BCUT2D eigenvalue weighted by atomic mass is 10.2. The van der Waals surface area contributed by atoms with E-state index in [0.717, 1.165) is 19.4 Å². The van der Waals surface area contributed by atoms with Crippen LogP contribution in [0.2, 0.25) is 0 Å². The third kappa shape index (κ3) is 5.14. The summed E-state index contributed by atoms with van der Waals surface area (Å²) < 4.78 is 13.6. The number of unbranched alkanes of at least 4 members (excludes halogenated alkanes) is 1. The Morgan fingerprint density at radius 2 is 2.11 bits per heavy atom. The summed E-state index contributed by atoms with van der Waals surface area (Å²) in [6, 6.07) is 4.37. The van der Waals surface area contributed by atoms with E-state index in [2.05, 4.69) is 26.1 Å². The zero-order chi connectivity index (χ0) is 13.5. The minimum atomic E-state index is -0.421. The number of nitrogens with zero attached hydrogens (tertiary/aromatic N) is 1. The van der Waals surface area contributed by atoms with Gasteiger partial charge in [0.2, 0.25) is 0 Å². The van der Waals surface area contributed by atoms with Gasteiger partial charge in [0, 0.05) is 12.1 Å². The van der Waals surface area contributed by atoms with E-state index in [-0.39, 0.29) is 5.91 Å². The number of amides is 1. The number of nitrogens with one attached hydrogen (secondary N) is 1. The van der Waals surface area contributed by atoms with Crippen molar-refractivity contribution in [2.24, 2.45) is 0 Å². The standard InChI is InChI=1S/C13H18BrFN2O/c1-17(2)8-4-3-7-16-13(18)10-5-6-11(14)12(15)9-10/h5-6,9H,3-4,7-8H2,1-2H3,(H,16,18). The molecule has 0 aliphatic rings. The largest absolute Gasteiger partial charge is 0.352 e. The Bertz CT molecular complexity index is 410. The molecule has 0 saturated carbocycles. The van der Waals surface area contributed by atoms with E-state index in [9.17, 15) is 9.18 Å². The molecule has 1 aromatic carbocycles. The van der Waals surface area contributed by atoms with Gasteiger partial charge < -0.3 is 10.2 Å². The summed E-state index contributed by atoms with van der Waals surface area (Å²) in [7, 11) is 4.03.